The molecular weight excluding hydrogens is 322 g/mol. The molecule has 1 N–H and O–H groups in total. The molecule has 1 aromatic carbocycles. The molecule has 136 valence electrons. The van der Waals surface area contributed by atoms with Crippen molar-refractivity contribution in [3.05, 3.63) is 29.3 Å². The SMILES string of the molecule is CC(=O)N(C)CC(=O)Nc1cccc2c1CN(C(=O)OC(C)(C)C)C2. The zero-order valence-corrected chi connectivity index (χ0v) is 15.4. The van der Waals surface area contributed by atoms with Crippen molar-refractivity contribution in [1.29, 1.82) is 0 Å². The molecule has 1 aromatic rings. The quantitative estimate of drug-likeness (QED) is 0.910. The van der Waals surface area contributed by atoms with E-state index >= 15 is 0 Å². The summed E-state index contributed by atoms with van der Waals surface area (Å²) in [6.45, 7) is 7.69. The number of carbonyl (C=O) groups is 3. The van der Waals surface area contributed by atoms with Gasteiger partial charge in [0.05, 0.1) is 13.1 Å². The number of hydrogen-bond acceptors (Lipinski definition) is 4. The van der Waals surface area contributed by atoms with Gasteiger partial charge in [-0.05, 0) is 32.4 Å². The molecule has 7 heteroatoms. The zero-order valence-electron chi connectivity index (χ0n) is 15.4. The lowest BCUT2D eigenvalue weighted by atomic mass is 10.1. The van der Waals surface area contributed by atoms with Gasteiger partial charge in [-0.15, -0.1) is 0 Å². The molecular formula is C18H25N3O4. The van der Waals surface area contributed by atoms with Crippen LogP contribution in [-0.2, 0) is 27.4 Å². The van der Waals surface area contributed by atoms with Crippen molar-refractivity contribution in [3.63, 3.8) is 0 Å². The van der Waals surface area contributed by atoms with E-state index in [4.69, 9.17) is 4.74 Å². The van der Waals surface area contributed by atoms with Crippen LogP contribution in [0.4, 0.5) is 10.5 Å². The molecule has 25 heavy (non-hydrogen) atoms. The number of ether oxygens (including phenoxy) is 1. The summed E-state index contributed by atoms with van der Waals surface area (Å²) < 4.78 is 5.41. The summed E-state index contributed by atoms with van der Waals surface area (Å²) >= 11 is 0. The van der Waals surface area contributed by atoms with E-state index in [9.17, 15) is 14.4 Å². The Bertz CT molecular complexity index is 694. The first-order valence-electron chi connectivity index (χ1n) is 8.17. The summed E-state index contributed by atoms with van der Waals surface area (Å²) in [6, 6.07) is 5.56. The summed E-state index contributed by atoms with van der Waals surface area (Å²) in [4.78, 5) is 38.6. The molecule has 1 heterocycles. The maximum absolute atomic E-state index is 12.3. The van der Waals surface area contributed by atoms with Crippen LogP contribution in [0.15, 0.2) is 18.2 Å². The van der Waals surface area contributed by atoms with Crippen LogP contribution in [0.25, 0.3) is 0 Å². The lowest BCUT2D eigenvalue weighted by molar-refractivity contribution is -0.131. The van der Waals surface area contributed by atoms with Crippen LogP contribution in [0, 0.1) is 0 Å². The van der Waals surface area contributed by atoms with E-state index in [1.807, 2.05) is 32.9 Å². The minimum Gasteiger partial charge on any atom is -0.444 e. The number of amides is 3. The molecule has 3 amide bonds. The van der Waals surface area contributed by atoms with E-state index in [2.05, 4.69) is 5.32 Å². The minimum absolute atomic E-state index is 0.0191. The molecule has 0 spiro atoms. The van der Waals surface area contributed by atoms with Crippen LogP contribution in [0.5, 0.6) is 0 Å². The number of fused-ring (bicyclic) bond motifs is 1. The fourth-order valence-corrected chi connectivity index (χ4v) is 2.51. The number of nitrogens with zero attached hydrogens (tertiary/aromatic N) is 2. The van der Waals surface area contributed by atoms with Gasteiger partial charge < -0.3 is 15.0 Å². The van der Waals surface area contributed by atoms with Crippen molar-refractivity contribution in [2.45, 2.75) is 46.4 Å². The molecule has 0 fully saturated rings. The predicted molar refractivity (Wildman–Crippen MR) is 93.9 cm³/mol. The standard InChI is InChI=1S/C18H25N3O4/c1-12(22)20(5)11-16(23)19-15-8-6-7-13-9-21(10-14(13)15)17(24)25-18(2,3)4/h6-8H,9-11H2,1-5H3,(H,19,23). The summed E-state index contributed by atoms with van der Waals surface area (Å²) in [7, 11) is 1.57. The zero-order chi connectivity index (χ0) is 18.8. The largest absolute Gasteiger partial charge is 0.444 e. The Hall–Kier alpha value is -2.57. The van der Waals surface area contributed by atoms with Crippen LogP contribution in [0.2, 0.25) is 0 Å². The van der Waals surface area contributed by atoms with Gasteiger partial charge in [0.2, 0.25) is 11.8 Å². The first kappa shape index (κ1) is 18.8. The number of rotatable bonds is 3. The number of benzene rings is 1. The number of likely N-dealkylation sites (N-methyl/N-ethyl adjacent to an activating group) is 1. The Morgan fingerprint density at radius 2 is 1.92 bits per heavy atom. The van der Waals surface area contributed by atoms with Crippen molar-refractivity contribution in [1.82, 2.24) is 9.80 Å². The Balaban J connectivity index is 2.07. The van der Waals surface area contributed by atoms with Gasteiger partial charge in [-0.25, -0.2) is 4.79 Å². The second kappa shape index (κ2) is 7.13. The number of carbonyl (C=O) groups excluding carboxylic acids is 3. The highest BCUT2D eigenvalue weighted by Gasteiger charge is 2.29. The fraction of sp³-hybridized carbons (Fsp3) is 0.500. The van der Waals surface area contributed by atoms with E-state index in [-0.39, 0.29) is 24.5 Å². The summed E-state index contributed by atoms with van der Waals surface area (Å²) in [5, 5.41) is 2.82. The van der Waals surface area contributed by atoms with Crippen molar-refractivity contribution in [2.75, 3.05) is 18.9 Å². The van der Waals surface area contributed by atoms with Gasteiger partial charge >= 0.3 is 6.09 Å². The van der Waals surface area contributed by atoms with Crippen molar-refractivity contribution in [2.24, 2.45) is 0 Å². The first-order chi connectivity index (χ1) is 11.6. The van der Waals surface area contributed by atoms with Crippen LogP contribution in [-0.4, -0.2) is 46.9 Å². The van der Waals surface area contributed by atoms with Crippen LogP contribution >= 0.6 is 0 Å². The second-order valence-corrected chi connectivity index (χ2v) is 7.20. The molecule has 7 nitrogen and oxygen atoms in total. The van der Waals surface area contributed by atoms with Crippen molar-refractivity contribution >= 4 is 23.6 Å². The minimum atomic E-state index is -0.555. The Labute approximate surface area is 147 Å². The van der Waals surface area contributed by atoms with E-state index in [1.54, 1.807) is 18.0 Å². The summed E-state index contributed by atoms with van der Waals surface area (Å²) in [5.74, 6) is -0.452. The Morgan fingerprint density at radius 3 is 2.52 bits per heavy atom. The molecule has 0 aromatic heterocycles. The monoisotopic (exact) mass is 347 g/mol. The van der Waals surface area contributed by atoms with E-state index in [0.29, 0.717) is 18.8 Å². The van der Waals surface area contributed by atoms with Crippen LogP contribution in [0.3, 0.4) is 0 Å². The van der Waals surface area contributed by atoms with Gasteiger partial charge in [0.25, 0.3) is 0 Å². The molecule has 0 aliphatic carbocycles. The lowest BCUT2D eigenvalue weighted by Gasteiger charge is -2.24. The van der Waals surface area contributed by atoms with Gasteiger partial charge in [0, 0.05) is 31.8 Å². The van der Waals surface area contributed by atoms with Gasteiger partial charge in [0.15, 0.2) is 0 Å². The molecule has 0 saturated carbocycles. The molecule has 0 radical (unpaired) electrons. The van der Waals surface area contributed by atoms with E-state index in [0.717, 1.165) is 11.1 Å². The highest BCUT2D eigenvalue weighted by atomic mass is 16.6. The highest BCUT2D eigenvalue weighted by molar-refractivity contribution is 5.95. The summed E-state index contributed by atoms with van der Waals surface area (Å²) in [6.07, 6.45) is -0.378. The topological polar surface area (TPSA) is 79.0 Å². The predicted octanol–water partition coefficient (Wildman–Crippen LogP) is 2.35. The third kappa shape index (κ3) is 4.95. The first-order valence-corrected chi connectivity index (χ1v) is 8.17. The van der Waals surface area contributed by atoms with Crippen LogP contribution < -0.4 is 5.32 Å². The Morgan fingerprint density at radius 1 is 1.24 bits per heavy atom. The highest BCUT2D eigenvalue weighted by Crippen LogP contribution is 2.30. The maximum Gasteiger partial charge on any atom is 0.410 e. The molecule has 2 rings (SSSR count). The van der Waals surface area contributed by atoms with E-state index in [1.165, 1.54) is 11.8 Å². The van der Waals surface area contributed by atoms with Crippen LogP contribution in [0.1, 0.15) is 38.8 Å². The normalized spacial score (nSPS) is 13.2. The summed E-state index contributed by atoms with van der Waals surface area (Å²) in [5.41, 5.74) is 1.97. The maximum atomic E-state index is 12.3. The molecule has 1 aliphatic heterocycles. The lowest BCUT2D eigenvalue weighted by Crippen LogP contribution is -2.34. The number of nitrogens with one attached hydrogen (secondary N) is 1. The molecule has 1 aliphatic rings. The smallest absolute Gasteiger partial charge is 0.410 e. The molecule has 0 saturated heterocycles. The Kier molecular flexibility index (Phi) is 5.35. The third-order valence-electron chi connectivity index (χ3n) is 3.83. The third-order valence-corrected chi connectivity index (χ3v) is 3.83. The van der Waals surface area contributed by atoms with Gasteiger partial charge in [-0.3, -0.25) is 14.5 Å². The average molecular weight is 347 g/mol. The van der Waals surface area contributed by atoms with Crippen molar-refractivity contribution < 1.29 is 19.1 Å². The second-order valence-electron chi connectivity index (χ2n) is 7.20. The fourth-order valence-electron chi connectivity index (χ4n) is 2.51. The average Bonchev–Trinajstić information content (AvgIpc) is 2.90. The van der Waals surface area contributed by atoms with Crippen molar-refractivity contribution in [3.8, 4) is 0 Å². The molecule has 0 unspecified atom stereocenters. The van der Waals surface area contributed by atoms with E-state index < -0.39 is 5.60 Å². The van der Waals surface area contributed by atoms with Gasteiger partial charge in [0.1, 0.15) is 5.60 Å². The van der Waals surface area contributed by atoms with Gasteiger partial charge in [-0.1, -0.05) is 12.1 Å². The molecule has 0 atom stereocenters. The number of anilines is 1. The molecule has 0 bridgehead atoms. The van der Waals surface area contributed by atoms with Gasteiger partial charge in [-0.2, -0.15) is 0 Å². The number of hydrogen-bond donors (Lipinski definition) is 1.